The lowest BCUT2D eigenvalue weighted by Crippen LogP contribution is -2.36. The zero-order valence-corrected chi connectivity index (χ0v) is 14.3. The smallest absolute Gasteiger partial charge is 0.289 e. The first-order valence-corrected chi connectivity index (χ1v) is 8.67. The van der Waals surface area contributed by atoms with Crippen molar-refractivity contribution in [2.45, 2.75) is 12.8 Å². The van der Waals surface area contributed by atoms with Gasteiger partial charge in [0.1, 0.15) is 5.82 Å². The number of hydrogen-bond donors (Lipinski definition) is 1. The van der Waals surface area contributed by atoms with E-state index in [9.17, 15) is 4.79 Å². The normalized spacial score (nSPS) is 14.7. The van der Waals surface area contributed by atoms with Gasteiger partial charge in [-0.15, -0.1) is 10.2 Å². The Morgan fingerprint density at radius 2 is 2.12 bits per heavy atom. The fourth-order valence-corrected chi connectivity index (χ4v) is 2.91. The van der Waals surface area contributed by atoms with E-state index in [0.717, 1.165) is 37.4 Å². The number of carbonyl (C=O) groups excluding carboxylic acids is 1. The monoisotopic (exact) mass is 356 g/mol. The molecule has 136 valence electrons. The molecular weight excluding hydrogens is 336 g/mol. The first-order chi connectivity index (χ1) is 12.8. The molecule has 3 aromatic rings. The number of hydrogen-bond acceptors (Lipinski definition) is 7. The zero-order valence-electron chi connectivity index (χ0n) is 14.3. The van der Waals surface area contributed by atoms with Gasteiger partial charge in [0, 0.05) is 38.3 Å². The number of anilines is 1. The summed E-state index contributed by atoms with van der Waals surface area (Å²) in [5.41, 5.74) is 0.823. The Labute approximate surface area is 149 Å². The largest absolute Gasteiger partial charge is 0.378 e. The number of fused-ring (bicyclic) bond motifs is 1. The number of pyridine rings is 1. The number of ether oxygens (including phenoxy) is 1. The molecule has 9 nitrogen and oxygen atoms in total. The van der Waals surface area contributed by atoms with Crippen molar-refractivity contribution in [2.75, 3.05) is 37.7 Å². The number of aromatic nitrogens is 4. The van der Waals surface area contributed by atoms with Crippen LogP contribution in [0.2, 0.25) is 0 Å². The van der Waals surface area contributed by atoms with Crippen LogP contribution in [0.3, 0.4) is 0 Å². The summed E-state index contributed by atoms with van der Waals surface area (Å²) in [5.74, 6) is 1.51. The van der Waals surface area contributed by atoms with Gasteiger partial charge in [-0.05, 0) is 18.6 Å². The lowest BCUT2D eigenvalue weighted by molar-refractivity contribution is 0.0916. The average Bonchev–Trinajstić information content (AvgIpc) is 3.33. The summed E-state index contributed by atoms with van der Waals surface area (Å²) < 4.78 is 12.4. The molecule has 0 spiro atoms. The molecule has 3 aromatic heterocycles. The van der Waals surface area contributed by atoms with Crippen LogP contribution in [0.25, 0.3) is 5.65 Å². The summed E-state index contributed by atoms with van der Waals surface area (Å²) in [4.78, 5) is 14.2. The Morgan fingerprint density at radius 1 is 1.23 bits per heavy atom. The Hall–Kier alpha value is -2.94. The Kier molecular flexibility index (Phi) is 4.78. The minimum Gasteiger partial charge on any atom is -0.378 e. The molecule has 0 saturated carbocycles. The van der Waals surface area contributed by atoms with Gasteiger partial charge >= 0.3 is 0 Å². The summed E-state index contributed by atoms with van der Waals surface area (Å²) in [5, 5.41) is 15.1. The fourth-order valence-electron chi connectivity index (χ4n) is 2.91. The molecule has 9 heteroatoms. The van der Waals surface area contributed by atoms with Crippen LogP contribution in [0, 0.1) is 0 Å². The van der Waals surface area contributed by atoms with Gasteiger partial charge in [-0.1, -0.05) is 11.2 Å². The van der Waals surface area contributed by atoms with Crippen LogP contribution < -0.4 is 10.2 Å². The van der Waals surface area contributed by atoms with Crippen molar-refractivity contribution >= 4 is 17.4 Å². The fraction of sp³-hybridized carbons (Fsp3) is 0.412. The van der Waals surface area contributed by atoms with Crippen molar-refractivity contribution in [3.05, 3.63) is 42.0 Å². The molecule has 4 rings (SSSR count). The van der Waals surface area contributed by atoms with E-state index in [1.54, 1.807) is 6.07 Å². The number of amides is 1. The van der Waals surface area contributed by atoms with Gasteiger partial charge in [0.05, 0.1) is 13.2 Å². The maximum atomic E-state index is 12.2. The van der Waals surface area contributed by atoms with Crippen LogP contribution in [0.15, 0.2) is 35.0 Å². The second-order valence-corrected chi connectivity index (χ2v) is 6.05. The molecule has 0 atom stereocenters. The minimum absolute atomic E-state index is 0.222. The molecule has 1 aliphatic rings. The van der Waals surface area contributed by atoms with Crippen LogP contribution in [0.1, 0.15) is 22.8 Å². The first kappa shape index (κ1) is 16.5. The Morgan fingerprint density at radius 3 is 3.00 bits per heavy atom. The molecule has 1 amide bonds. The molecular formula is C17H20N6O3. The highest BCUT2D eigenvalue weighted by Gasteiger charge is 2.18. The van der Waals surface area contributed by atoms with Gasteiger partial charge in [0.2, 0.25) is 5.76 Å². The van der Waals surface area contributed by atoms with Crippen LogP contribution >= 0.6 is 0 Å². The number of morpholine rings is 1. The Balaban J connectivity index is 1.27. The third-order valence-corrected chi connectivity index (χ3v) is 4.30. The molecule has 0 aromatic carbocycles. The predicted octanol–water partition coefficient (Wildman–Crippen LogP) is 0.916. The molecule has 0 unspecified atom stereocenters. The summed E-state index contributed by atoms with van der Waals surface area (Å²) in [6.45, 7) is 3.34. The third kappa shape index (κ3) is 3.52. The maximum Gasteiger partial charge on any atom is 0.289 e. The van der Waals surface area contributed by atoms with Crippen molar-refractivity contribution in [3.63, 3.8) is 0 Å². The topological polar surface area (TPSA) is 97.8 Å². The highest BCUT2D eigenvalue weighted by molar-refractivity contribution is 5.92. The number of nitrogens with zero attached hydrogens (tertiary/aromatic N) is 5. The van der Waals surface area contributed by atoms with E-state index in [4.69, 9.17) is 9.26 Å². The first-order valence-electron chi connectivity index (χ1n) is 8.67. The molecule has 0 aliphatic carbocycles. The highest BCUT2D eigenvalue weighted by atomic mass is 16.5. The highest BCUT2D eigenvalue weighted by Crippen LogP contribution is 2.15. The molecule has 0 bridgehead atoms. The lowest BCUT2D eigenvalue weighted by atomic mass is 10.3. The zero-order chi connectivity index (χ0) is 17.8. The van der Waals surface area contributed by atoms with Gasteiger partial charge in [0.15, 0.2) is 11.5 Å². The summed E-state index contributed by atoms with van der Waals surface area (Å²) in [6.07, 6.45) is 3.41. The number of rotatable bonds is 6. The van der Waals surface area contributed by atoms with Gasteiger partial charge in [0.25, 0.3) is 5.91 Å². The third-order valence-electron chi connectivity index (χ3n) is 4.30. The number of carbonyl (C=O) groups is 1. The van der Waals surface area contributed by atoms with Gasteiger partial charge in [-0.2, -0.15) is 0 Å². The minimum atomic E-state index is -0.261. The van der Waals surface area contributed by atoms with Crippen molar-refractivity contribution in [1.29, 1.82) is 0 Å². The van der Waals surface area contributed by atoms with E-state index in [0.29, 0.717) is 25.6 Å². The lowest BCUT2D eigenvalue weighted by Gasteiger charge is -2.25. The van der Waals surface area contributed by atoms with Crippen LogP contribution in [0.5, 0.6) is 0 Å². The van der Waals surface area contributed by atoms with Crippen LogP contribution in [-0.4, -0.2) is 58.5 Å². The van der Waals surface area contributed by atoms with Crippen molar-refractivity contribution in [3.8, 4) is 0 Å². The van der Waals surface area contributed by atoms with Crippen molar-refractivity contribution in [2.24, 2.45) is 0 Å². The predicted molar refractivity (Wildman–Crippen MR) is 93.2 cm³/mol. The quantitative estimate of drug-likeness (QED) is 0.656. The molecule has 1 saturated heterocycles. The summed E-state index contributed by atoms with van der Waals surface area (Å²) >= 11 is 0. The standard InChI is InChI=1S/C17H20N6O3/c24-17(13-12-16(21-26-13)22-8-10-25-11-9-22)18-6-3-5-15-20-19-14-4-1-2-7-23(14)15/h1-2,4,7,12H,3,5-6,8-11H2,(H,18,24). The molecule has 26 heavy (non-hydrogen) atoms. The second kappa shape index (κ2) is 7.52. The van der Waals surface area contributed by atoms with Gasteiger partial charge < -0.3 is 19.5 Å². The maximum absolute atomic E-state index is 12.2. The molecule has 1 aliphatic heterocycles. The van der Waals surface area contributed by atoms with Crippen LogP contribution in [0.4, 0.5) is 5.82 Å². The van der Waals surface area contributed by atoms with E-state index in [-0.39, 0.29) is 11.7 Å². The molecule has 1 N–H and O–H groups in total. The van der Waals surface area contributed by atoms with Gasteiger partial charge in [-0.3, -0.25) is 9.20 Å². The van der Waals surface area contributed by atoms with Crippen molar-refractivity contribution in [1.82, 2.24) is 25.1 Å². The van der Waals surface area contributed by atoms with E-state index < -0.39 is 0 Å². The number of aryl methyl sites for hydroxylation is 1. The van der Waals surface area contributed by atoms with E-state index >= 15 is 0 Å². The van der Waals surface area contributed by atoms with Crippen molar-refractivity contribution < 1.29 is 14.1 Å². The summed E-state index contributed by atoms with van der Waals surface area (Å²) in [6, 6.07) is 7.45. The number of nitrogens with one attached hydrogen (secondary N) is 1. The molecule has 1 fully saturated rings. The van der Waals surface area contributed by atoms with Crippen LogP contribution in [-0.2, 0) is 11.2 Å². The van der Waals surface area contributed by atoms with E-state index in [2.05, 4.69) is 20.7 Å². The Bertz CT molecular complexity index is 883. The second-order valence-electron chi connectivity index (χ2n) is 6.05. The van der Waals surface area contributed by atoms with E-state index in [1.165, 1.54) is 0 Å². The molecule has 0 radical (unpaired) electrons. The average molecular weight is 356 g/mol. The molecule has 4 heterocycles. The van der Waals surface area contributed by atoms with E-state index in [1.807, 2.05) is 33.7 Å². The SMILES string of the molecule is O=C(NCCCc1nnc2ccccn12)c1cc(N2CCOCC2)no1. The summed E-state index contributed by atoms with van der Waals surface area (Å²) in [7, 11) is 0. The van der Waals surface area contributed by atoms with Gasteiger partial charge in [-0.25, -0.2) is 0 Å².